The second kappa shape index (κ2) is 11.8. The van der Waals surface area contributed by atoms with E-state index < -0.39 is 10.0 Å². The van der Waals surface area contributed by atoms with E-state index in [0.29, 0.717) is 18.8 Å². The standard InChI is InChI=1S/C27H35N3O5S/c1-35-25-16-15-21(19-23(25)27(32)30-17-9-2-3-10-18-30)36(33,34)29-24-14-8-7-13-22(24)26(31)28-20-11-5-4-6-12-20/h7-8,13-16,19-20,29H,2-6,9-12,17-18H2,1H3,(H,28,31). The molecule has 1 aliphatic heterocycles. The maximum atomic E-state index is 13.4. The van der Waals surface area contributed by atoms with E-state index in [9.17, 15) is 18.0 Å². The number of sulfonamides is 1. The summed E-state index contributed by atoms with van der Waals surface area (Å²) in [7, 11) is -2.62. The van der Waals surface area contributed by atoms with Crippen LogP contribution >= 0.6 is 0 Å². The first-order valence-corrected chi connectivity index (χ1v) is 14.3. The molecule has 8 nitrogen and oxygen atoms in total. The van der Waals surface area contributed by atoms with Crippen molar-refractivity contribution in [3.05, 3.63) is 53.6 Å². The zero-order valence-corrected chi connectivity index (χ0v) is 21.6. The Labute approximate surface area is 213 Å². The van der Waals surface area contributed by atoms with Crippen molar-refractivity contribution in [3.8, 4) is 5.75 Å². The topological polar surface area (TPSA) is 105 Å². The summed E-state index contributed by atoms with van der Waals surface area (Å²) in [4.78, 5) is 28.0. The molecule has 2 N–H and O–H groups in total. The van der Waals surface area contributed by atoms with E-state index in [-0.39, 0.29) is 39.6 Å². The number of nitrogens with zero attached hydrogens (tertiary/aromatic N) is 1. The average Bonchev–Trinajstić information content (AvgIpc) is 3.18. The highest BCUT2D eigenvalue weighted by molar-refractivity contribution is 7.92. The SMILES string of the molecule is COc1ccc(S(=O)(=O)Nc2ccccc2C(=O)NC2CCCCC2)cc1C(=O)N1CCCCCC1. The van der Waals surface area contributed by atoms with Crippen LogP contribution in [0.1, 0.15) is 78.5 Å². The van der Waals surface area contributed by atoms with Gasteiger partial charge in [-0.2, -0.15) is 0 Å². The number of carbonyl (C=O) groups excluding carboxylic acids is 2. The third-order valence-corrected chi connectivity index (χ3v) is 8.32. The minimum atomic E-state index is -4.08. The maximum absolute atomic E-state index is 13.4. The number of amides is 2. The fraction of sp³-hybridized carbons (Fsp3) is 0.481. The Kier molecular flexibility index (Phi) is 8.51. The summed E-state index contributed by atoms with van der Waals surface area (Å²) in [6, 6.07) is 10.9. The molecule has 1 heterocycles. The molecule has 1 aliphatic carbocycles. The second-order valence-corrected chi connectivity index (χ2v) is 11.2. The highest BCUT2D eigenvalue weighted by Gasteiger charge is 2.26. The summed E-state index contributed by atoms with van der Waals surface area (Å²) < 4.78 is 34.7. The number of para-hydroxylation sites is 1. The molecule has 2 amide bonds. The third kappa shape index (κ3) is 6.19. The summed E-state index contributed by atoms with van der Waals surface area (Å²) >= 11 is 0. The summed E-state index contributed by atoms with van der Waals surface area (Å²) in [5, 5.41) is 3.04. The largest absolute Gasteiger partial charge is 0.496 e. The Balaban J connectivity index is 1.57. The minimum Gasteiger partial charge on any atom is -0.496 e. The van der Waals surface area contributed by atoms with Gasteiger partial charge in [0.25, 0.3) is 21.8 Å². The lowest BCUT2D eigenvalue weighted by Gasteiger charge is -2.23. The van der Waals surface area contributed by atoms with Gasteiger partial charge in [-0.05, 0) is 56.0 Å². The maximum Gasteiger partial charge on any atom is 0.261 e. The fourth-order valence-corrected chi connectivity index (χ4v) is 6.05. The molecule has 0 aromatic heterocycles. The first kappa shape index (κ1) is 26.0. The van der Waals surface area contributed by atoms with Crippen molar-refractivity contribution in [3.63, 3.8) is 0 Å². The van der Waals surface area contributed by atoms with Gasteiger partial charge in [0.05, 0.1) is 28.8 Å². The van der Waals surface area contributed by atoms with Crippen LogP contribution in [0.3, 0.4) is 0 Å². The summed E-state index contributed by atoms with van der Waals surface area (Å²) in [6.45, 7) is 1.28. The smallest absolute Gasteiger partial charge is 0.261 e. The van der Waals surface area contributed by atoms with E-state index in [1.807, 2.05) is 0 Å². The van der Waals surface area contributed by atoms with Crippen molar-refractivity contribution in [2.24, 2.45) is 0 Å². The predicted molar refractivity (Wildman–Crippen MR) is 139 cm³/mol. The molecule has 194 valence electrons. The Morgan fingerprint density at radius 1 is 0.889 bits per heavy atom. The molecule has 2 aliphatic rings. The number of benzene rings is 2. The van der Waals surface area contributed by atoms with Crippen molar-refractivity contribution >= 4 is 27.5 Å². The molecular formula is C27H35N3O5S. The second-order valence-electron chi connectivity index (χ2n) is 9.53. The quantitative estimate of drug-likeness (QED) is 0.564. The molecule has 36 heavy (non-hydrogen) atoms. The van der Waals surface area contributed by atoms with Gasteiger partial charge in [0.2, 0.25) is 0 Å². The molecule has 0 bridgehead atoms. The number of carbonyl (C=O) groups is 2. The molecule has 0 radical (unpaired) electrons. The summed E-state index contributed by atoms with van der Waals surface area (Å²) in [5.41, 5.74) is 0.675. The lowest BCUT2D eigenvalue weighted by molar-refractivity contribution is 0.0757. The van der Waals surface area contributed by atoms with Crippen molar-refractivity contribution in [1.29, 1.82) is 0 Å². The first-order chi connectivity index (χ1) is 17.4. The van der Waals surface area contributed by atoms with Crippen LogP contribution in [0.2, 0.25) is 0 Å². The number of anilines is 1. The molecular weight excluding hydrogens is 478 g/mol. The summed E-state index contributed by atoms with van der Waals surface area (Å²) in [5.74, 6) is -0.208. The van der Waals surface area contributed by atoms with Gasteiger partial charge in [-0.3, -0.25) is 14.3 Å². The number of hydrogen-bond donors (Lipinski definition) is 2. The van der Waals surface area contributed by atoms with Gasteiger partial charge in [0, 0.05) is 19.1 Å². The number of rotatable bonds is 7. The molecule has 1 saturated carbocycles. The van der Waals surface area contributed by atoms with Gasteiger partial charge < -0.3 is 15.0 Å². The van der Waals surface area contributed by atoms with E-state index in [1.165, 1.54) is 31.7 Å². The minimum absolute atomic E-state index is 0.0658. The number of likely N-dealkylation sites (tertiary alicyclic amines) is 1. The van der Waals surface area contributed by atoms with Gasteiger partial charge in [-0.15, -0.1) is 0 Å². The van der Waals surface area contributed by atoms with E-state index >= 15 is 0 Å². The normalized spacial score (nSPS) is 17.2. The highest BCUT2D eigenvalue weighted by atomic mass is 32.2. The molecule has 0 spiro atoms. The molecule has 2 fully saturated rings. The molecule has 2 aromatic rings. The van der Waals surface area contributed by atoms with Gasteiger partial charge in [0.1, 0.15) is 5.75 Å². The Morgan fingerprint density at radius 3 is 2.25 bits per heavy atom. The molecule has 1 saturated heterocycles. The number of nitrogens with one attached hydrogen (secondary N) is 2. The number of hydrogen-bond acceptors (Lipinski definition) is 5. The molecule has 0 atom stereocenters. The van der Waals surface area contributed by atoms with Crippen molar-refractivity contribution in [2.75, 3.05) is 24.9 Å². The lowest BCUT2D eigenvalue weighted by Crippen LogP contribution is -2.36. The number of methoxy groups -OCH3 is 1. The van der Waals surface area contributed by atoms with Crippen LogP contribution in [-0.2, 0) is 10.0 Å². The summed E-state index contributed by atoms with van der Waals surface area (Å²) in [6.07, 6.45) is 9.19. The zero-order chi connectivity index (χ0) is 25.5. The molecule has 0 unspecified atom stereocenters. The monoisotopic (exact) mass is 513 g/mol. The Morgan fingerprint density at radius 2 is 1.56 bits per heavy atom. The van der Waals surface area contributed by atoms with Crippen LogP contribution in [0.25, 0.3) is 0 Å². The lowest BCUT2D eigenvalue weighted by atomic mass is 9.95. The van der Waals surface area contributed by atoms with Crippen LogP contribution in [0.4, 0.5) is 5.69 Å². The van der Waals surface area contributed by atoms with Crippen molar-refractivity contribution in [2.45, 2.75) is 68.7 Å². The van der Waals surface area contributed by atoms with Crippen LogP contribution in [0.15, 0.2) is 47.4 Å². The van der Waals surface area contributed by atoms with Gasteiger partial charge in [-0.1, -0.05) is 44.2 Å². The fourth-order valence-electron chi connectivity index (χ4n) is 4.95. The van der Waals surface area contributed by atoms with Crippen LogP contribution in [0, 0.1) is 0 Å². The van der Waals surface area contributed by atoms with Crippen LogP contribution < -0.4 is 14.8 Å². The van der Waals surface area contributed by atoms with Crippen molar-refractivity contribution in [1.82, 2.24) is 10.2 Å². The van der Waals surface area contributed by atoms with E-state index in [2.05, 4.69) is 10.0 Å². The van der Waals surface area contributed by atoms with Gasteiger partial charge in [0.15, 0.2) is 0 Å². The average molecular weight is 514 g/mol. The van der Waals surface area contributed by atoms with E-state index in [0.717, 1.165) is 51.4 Å². The van der Waals surface area contributed by atoms with Gasteiger partial charge >= 0.3 is 0 Å². The molecule has 2 aromatic carbocycles. The van der Waals surface area contributed by atoms with E-state index in [1.54, 1.807) is 29.2 Å². The van der Waals surface area contributed by atoms with Crippen LogP contribution in [0.5, 0.6) is 5.75 Å². The molecule has 9 heteroatoms. The van der Waals surface area contributed by atoms with Gasteiger partial charge in [-0.25, -0.2) is 8.42 Å². The Bertz CT molecular complexity index is 1180. The molecule has 4 rings (SSSR count). The zero-order valence-electron chi connectivity index (χ0n) is 20.8. The first-order valence-electron chi connectivity index (χ1n) is 12.8. The van der Waals surface area contributed by atoms with Crippen LogP contribution in [-0.4, -0.2) is 51.4 Å². The van der Waals surface area contributed by atoms with E-state index in [4.69, 9.17) is 4.74 Å². The highest BCUT2D eigenvalue weighted by Crippen LogP contribution is 2.27. The number of ether oxygens (including phenoxy) is 1. The third-order valence-electron chi connectivity index (χ3n) is 6.96. The van der Waals surface area contributed by atoms with Crippen molar-refractivity contribution < 1.29 is 22.7 Å². The Hall–Kier alpha value is -3.07. The predicted octanol–water partition coefficient (Wildman–Crippen LogP) is 4.57.